The van der Waals surface area contributed by atoms with E-state index in [1.54, 1.807) is 0 Å². The molecular formula is C34H47F3N4O3SSe. The van der Waals surface area contributed by atoms with Crippen molar-refractivity contribution in [2.75, 3.05) is 0 Å². The summed E-state index contributed by atoms with van der Waals surface area (Å²) in [6.07, 6.45) is 8.24. The summed E-state index contributed by atoms with van der Waals surface area (Å²) in [6, 6.07) is 13.6. The topological polar surface area (TPSA) is 90.7 Å². The number of nitrogens with zero attached hydrogens (tertiary/aromatic N) is 4. The molecule has 1 aromatic heterocycles. The van der Waals surface area contributed by atoms with Crippen molar-refractivity contribution in [2.24, 2.45) is 9.00 Å². The molecule has 0 aliphatic carbocycles. The fraction of sp³-hybridized carbons (Fsp3) is 0.500. The molecule has 2 aromatic carbocycles. The molecule has 0 aliphatic rings. The normalized spacial score (nSPS) is 13.1. The van der Waals surface area contributed by atoms with Crippen molar-refractivity contribution in [1.82, 2.24) is 4.57 Å². The molecule has 1 heterocycles. The number of alkyl halides is 3. The van der Waals surface area contributed by atoms with Gasteiger partial charge in [0.25, 0.3) is 0 Å². The average molecular weight is 728 g/mol. The molecule has 0 N–H and O–H groups in total. The third-order valence-electron chi connectivity index (χ3n) is 6.95. The Kier molecular flexibility index (Phi) is 13.6. The molecule has 0 saturated heterocycles. The largest absolute Gasteiger partial charge is 0.741 e. The van der Waals surface area contributed by atoms with Crippen LogP contribution in [0.15, 0.2) is 57.8 Å². The second kappa shape index (κ2) is 15.9. The molecule has 0 amide bonds. The van der Waals surface area contributed by atoms with Crippen molar-refractivity contribution in [3.8, 4) is 11.4 Å². The van der Waals surface area contributed by atoms with E-state index in [9.17, 15) is 13.2 Å². The monoisotopic (exact) mass is 728 g/mol. The van der Waals surface area contributed by atoms with Crippen LogP contribution in [0.1, 0.15) is 122 Å². The van der Waals surface area contributed by atoms with Gasteiger partial charge in [0.15, 0.2) is 10.1 Å². The fourth-order valence-electron chi connectivity index (χ4n) is 4.75. The molecule has 46 heavy (non-hydrogen) atoms. The van der Waals surface area contributed by atoms with Gasteiger partial charge in [-0.25, -0.2) is 8.42 Å². The number of halogens is 3. The van der Waals surface area contributed by atoms with Crippen molar-refractivity contribution in [1.29, 1.82) is 0 Å². The molecule has 0 fully saturated rings. The van der Waals surface area contributed by atoms with Crippen LogP contribution in [0.25, 0.3) is 11.4 Å². The van der Waals surface area contributed by atoms with Crippen LogP contribution < -0.4 is 9.29 Å². The van der Waals surface area contributed by atoms with E-state index in [4.69, 9.17) is 17.0 Å². The van der Waals surface area contributed by atoms with Crippen LogP contribution in [0.4, 0.5) is 13.2 Å². The minimum atomic E-state index is -6.09. The maximum absolute atomic E-state index is 10.7. The standard InChI is InChI=1S/C33H47N4Se.CHF3O3S/c1-22(2)26-14-12-15-27(23(3)4)30(26)36-20-21-37(32(36)38-35-19-18-34-33(9,10)11)31-28(24(5)6)16-13-17-29(31)25(7)8;2-1(3,4)8(5,6)7/h12-25H,1-11H3;(H,5,6,7)/q+1;/p-1/b34-18?,35-19-;. The summed E-state index contributed by atoms with van der Waals surface area (Å²) in [5, 5.41) is 0. The maximum Gasteiger partial charge on any atom is 0.485 e. The quantitative estimate of drug-likeness (QED) is 0.0753. The van der Waals surface area contributed by atoms with Crippen molar-refractivity contribution < 1.29 is 30.7 Å². The van der Waals surface area contributed by atoms with E-state index < -0.39 is 15.6 Å². The van der Waals surface area contributed by atoms with Gasteiger partial charge in [0, 0.05) is 0 Å². The Morgan fingerprint density at radius 1 is 0.804 bits per heavy atom. The first kappa shape index (κ1) is 39.4. The first-order valence-electron chi connectivity index (χ1n) is 15.2. The average Bonchev–Trinajstić information content (AvgIpc) is 3.33. The van der Waals surface area contributed by atoms with E-state index >= 15 is 0 Å². The van der Waals surface area contributed by atoms with Crippen LogP contribution in [0.5, 0.6) is 0 Å². The molecule has 0 bridgehead atoms. The third-order valence-corrected chi connectivity index (χ3v) is 9.16. The first-order chi connectivity index (χ1) is 21.1. The van der Waals surface area contributed by atoms with Gasteiger partial charge in [-0.2, -0.15) is 13.2 Å². The number of rotatable bonds is 9. The van der Waals surface area contributed by atoms with Crippen LogP contribution in [0.2, 0.25) is 0 Å². The van der Waals surface area contributed by atoms with Crippen LogP contribution in [0.3, 0.4) is 0 Å². The van der Waals surface area contributed by atoms with Crippen molar-refractivity contribution in [2.45, 2.75) is 111 Å². The summed E-state index contributed by atoms with van der Waals surface area (Å²) in [7, 11) is -6.09. The second-order valence-corrected chi connectivity index (χ2v) is 16.2. The van der Waals surface area contributed by atoms with Crippen LogP contribution in [-0.4, -0.2) is 56.2 Å². The Morgan fingerprint density at radius 2 is 1.22 bits per heavy atom. The predicted octanol–water partition coefficient (Wildman–Crippen LogP) is 7.48. The molecular weight excluding hydrogens is 680 g/mol. The number of imidazole rings is 1. The summed E-state index contributed by atoms with van der Waals surface area (Å²) < 4.78 is 69.9. The number of aliphatic imine (C=N–C) groups is 1. The zero-order valence-corrected chi connectivity index (χ0v) is 31.1. The summed E-state index contributed by atoms with van der Waals surface area (Å²) >= 11 is -0.163. The van der Waals surface area contributed by atoms with E-state index in [0.29, 0.717) is 23.7 Å². The number of aromatic nitrogens is 2. The second-order valence-electron chi connectivity index (χ2n) is 13.2. The third kappa shape index (κ3) is 10.4. The van der Waals surface area contributed by atoms with Gasteiger partial charge in [-0.3, -0.25) is 0 Å². The zero-order chi connectivity index (χ0) is 35.2. The van der Waals surface area contributed by atoms with Gasteiger partial charge in [0.05, 0.1) is 0 Å². The zero-order valence-electron chi connectivity index (χ0n) is 28.5. The summed E-state index contributed by atoms with van der Waals surface area (Å²) in [5.74, 6) is 1.65. The maximum atomic E-state index is 10.7. The SMILES string of the molecule is CC(C)c1cccc(C(C)C)c1-n1cc[n+](-c2c(C(C)C)cccc2C(C)C)c1[Se]/N=C\C=NC(C)(C)C.O=S(=O)([O-])C(F)(F)F. The van der Waals surface area contributed by atoms with Gasteiger partial charge in [0.2, 0.25) is 0 Å². The van der Waals surface area contributed by atoms with Gasteiger partial charge in [-0.1, -0.05) is 0 Å². The Morgan fingerprint density at radius 3 is 1.59 bits per heavy atom. The molecule has 0 saturated carbocycles. The van der Waals surface area contributed by atoms with Crippen molar-refractivity contribution in [3.63, 3.8) is 0 Å². The molecule has 3 rings (SSSR count). The van der Waals surface area contributed by atoms with E-state index in [1.807, 2.05) is 12.4 Å². The molecule has 0 aliphatic heterocycles. The first-order valence-corrected chi connectivity index (χ1v) is 18.3. The van der Waals surface area contributed by atoms with Gasteiger partial charge >= 0.3 is 244 Å². The van der Waals surface area contributed by atoms with E-state index in [2.05, 4.69) is 139 Å². The number of hydrogen-bond acceptors (Lipinski definition) is 5. The summed E-state index contributed by atoms with van der Waals surface area (Å²) in [4.78, 5) is 4.61. The van der Waals surface area contributed by atoms with Gasteiger partial charge in [-0.15, -0.1) is 0 Å². The summed E-state index contributed by atoms with van der Waals surface area (Å²) in [5.41, 5.74) is 2.34. The minimum Gasteiger partial charge on any atom is -0.741 e. The Bertz CT molecular complexity index is 1500. The van der Waals surface area contributed by atoms with Crippen molar-refractivity contribution in [3.05, 3.63) is 71.0 Å². The Labute approximate surface area is 279 Å². The molecule has 0 spiro atoms. The predicted molar refractivity (Wildman–Crippen MR) is 182 cm³/mol. The number of hydrogen-bond donors (Lipinski definition) is 0. The fourth-order valence-corrected chi connectivity index (χ4v) is 6.19. The van der Waals surface area contributed by atoms with Crippen molar-refractivity contribution >= 4 is 42.4 Å². The van der Waals surface area contributed by atoms with E-state index in [0.717, 1.165) is 0 Å². The molecule has 0 atom stereocenters. The van der Waals surface area contributed by atoms with Gasteiger partial charge in [-0.05, 0) is 0 Å². The minimum absolute atomic E-state index is 0.107. The van der Waals surface area contributed by atoms with Gasteiger partial charge in [0.1, 0.15) is 0 Å². The van der Waals surface area contributed by atoms with Crippen LogP contribution in [-0.2, 0) is 10.1 Å². The Hall–Kier alpha value is -2.79. The number of para-hydroxylation sites is 2. The molecule has 254 valence electrons. The van der Waals surface area contributed by atoms with E-state index in [-0.39, 0.29) is 20.7 Å². The number of benzene rings is 2. The molecule has 12 heteroatoms. The molecule has 7 nitrogen and oxygen atoms in total. The van der Waals surface area contributed by atoms with Crippen LogP contribution in [0, 0.1) is 0 Å². The smallest absolute Gasteiger partial charge is 0.485 e. The molecule has 0 radical (unpaired) electrons. The molecule has 0 unspecified atom stereocenters. The van der Waals surface area contributed by atoms with Gasteiger partial charge < -0.3 is 4.55 Å². The Balaban J connectivity index is 0.000000812. The summed E-state index contributed by atoms with van der Waals surface area (Å²) in [6.45, 7) is 24.6. The van der Waals surface area contributed by atoms with E-state index in [1.165, 1.54) is 38.4 Å². The van der Waals surface area contributed by atoms with Crippen LogP contribution >= 0.6 is 0 Å². The molecule has 3 aromatic rings.